The lowest BCUT2D eigenvalue weighted by atomic mass is 9.98. The summed E-state index contributed by atoms with van der Waals surface area (Å²) >= 11 is 0. The lowest BCUT2D eigenvalue weighted by Crippen LogP contribution is -2.16. The standard InChI is InChI=1S/C19H20N2O2S/c1-13-10-14(2)18(15(3)11-13)24(22,23)21-17-6-4-16(5-7-17)19(12-20)8-9-19/h4-7,10-11,21H,8-9H2,1-3H3. The molecule has 5 heteroatoms. The molecule has 0 aliphatic heterocycles. The fourth-order valence-corrected chi connectivity index (χ4v) is 4.76. The zero-order valence-electron chi connectivity index (χ0n) is 14.1. The van der Waals surface area contributed by atoms with Gasteiger partial charge in [-0.25, -0.2) is 8.42 Å². The third-order valence-corrected chi connectivity index (χ3v) is 6.21. The highest BCUT2D eigenvalue weighted by atomic mass is 32.2. The van der Waals surface area contributed by atoms with Crippen molar-refractivity contribution in [3.8, 4) is 6.07 Å². The van der Waals surface area contributed by atoms with E-state index in [0.29, 0.717) is 10.6 Å². The summed E-state index contributed by atoms with van der Waals surface area (Å²) in [7, 11) is -3.64. The first-order chi connectivity index (χ1) is 11.3. The van der Waals surface area contributed by atoms with Crippen molar-refractivity contribution in [2.75, 3.05) is 4.72 Å². The van der Waals surface area contributed by atoms with Gasteiger partial charge in [-0.1, -0.05) is 29.8 Å². The first-order valence-corrected chi connectivity index (χ1v) is 9.38. The Morgan fingerprint density at radius 1 is 1.04 bits per heavy atom. The number of rotatable bonds is 4. The Hall–Kier alpha value is -2.32. The molecule has 0 aromatic heterocycles. The minimum Gasteiger partial charge on any atom is -0.280 e. The number of nitrogens with zero attached hydrogens (tertiary/aromatic N) is 1. The van der Waals surface area contributed by atoms with Crippen molar-refractivity contribution in [3.63, 3.8) is 0 Å². The lowest BCUT2D eigenvalue weighted by molar-refractivity contribution is 0.600. The second-order valence-electron chi connectivity index (χ2n) is 6.60. The Kier molecular flexibility index (Phi) is 3.89. The maximum absolute atomic E-state index is 12.7. The van der Waals surface area contributed by atoms with E-state index in [1.54, 1.807) is 26.0 Å². The molecule has 0 saturated heterocycles. The van der Waals surface area contributed by atoms with Gasteiger partial charge in [0.15, 0.2) is 0 Å². The van der Waals surface area contributed by atoms with Gasteiger partial charge in [-0.2, -0.15) is 5.26 Å². The molecule has 1 N–H and O–H groups in total. The summed E-state index contributed by atoms with van der Waals surface area (Å²) in [4.78, 5) is 0.327. The number of hydrogen-bond donors (Lipinski definition) is 1. The molecule has 0 radical (unpaired) electrons. The van der Waals surface area contributed by atoms with Gasteiger partial charge in [0.05, 0.1) is 16.4 Å². The van der Waals surface area contributed by atoms with Crippen molar-refractivity contribution in [3.05, 3.63) is 58.7 Å². The van der Waals surface area contributed by atoms with Crippen molar-refractivity contribution in [2.45, 2.75) is 43.9 Å². The molecule has 2 aromatic rings. The molecule has 2 aromatic carbocycles. The molecular formula is C19H20N2O2S. The second-order valence-corrected chi connectivity index (χ2v) is 8.22. The second kappa shape index (κ2) is 5.64. The number of aryl methyl sites for hydroxylation is 3. The molecule has 1 fully saturated rings. The average Bonchev–Trinajstić information content (AvgIpc) is 3.27. The van der Waals surface area contributed by atoms with Crippen LogP contribution in [-0.2, 0) is 15.4 Å². The van der Waals surface area contributed by atoms with Crippen molar-refractivity contribution < 1.29 is 8.42 Å². The molecular weight excluding hydrogens is 320 g/mol. The predicted molar refractivity (Wildman–Crippen MR) is 94.4 cm³/mol. The van der Waals surface area contributed by atoms with Crippen molar-refractivity contribution in [1.82, 2.24) is 0 Å². The first-order valence-electron chi connectivity index (χ1n) is 7.90. The van der Waals surface area contributed by atoms with E-state index in [4.69, 9.17) is 0 Å². The number of anilines is 1. The van der Waals surface area contributed by atoms with Crippen LogP contribution in [0.4, 0.5) is 5.69 Å². The molecule has 1 aliphatic rings. The van der Waals surface area contributed by atoms with Gasteiger partial charge in [0.25, 0.3) is 10.0 Å². The average molecular weight is 340 g/mol. The molecule has 0 atom stereocenters. The zero-order valence-corrected chi connectivity index (χ0v) is 14.9. The van der Waals surface area contributed by atoms with Gasteiger partial charge >= 0.3 is 0 Å². The van der Waals surface area contributed by atoms with Crippen LogP contribution in [0.25, 0.3) is 0 Å². The van der Waals surface area contributed by atoms with E-state index in [9.17, 15) is 13.7 Å². The van der Waals surface area contributed by atoms with E-state index in [2.05, 4.69) is 10.8 Å². The van der Waals surface area contributed by atoms with E-state index >= 15 is 0 Å². The minimum atomic E-state index is -3.64. The smallest absolute Gasteiger partial charge is 0.262 e. The Morgan fingerprint density at radius 2 is 1.58 bits per heavy atom. The number of nitriles is 1. The van der Waals surface area contributed by atoms with E-state index in [1.165, 1.54) is 0 Å². The first kappa shape index (κ1) is 16.5. The van der Waals surface area contributed by atoms with Crippen LogP contribution in [0.1, 0.15) is 35.1 Å². The number of hydrogen-bond acceptors (Lipinski definition) is 3. The molecule has 0 spiro atoms. The fourth-order valence-electron chi connectivity index (χ4n) is 3.24. The Morgan fingerprint density at radius 3 is 2.04 bits per heavy atom. The van der Waals surface area contributed by atoms with Crippen LogP contribution < -0.4 is 4.72 Å². The molecule has 24 heavy (non-hydrogen) atoms. The normalized spacial score (nSPS) is 15.6. The van der Waals surface area contributed by atoms with Gasteiger partial charge in [0.1, 0.15) is 0 Å². The Balaban J connectivity index is 1.89. The summed E-state index contributed by atoms with van der Waals surface area (Å²) in [6.07, 6.45) is 1.74. The van der Waals surface area contributed by atoms with Crippen LogP contribution in [-0.4, -0.2) is 8.42 Å². The van der Waals surface area contributed by atoms with Crippen LogP contribution in [0, 0.1) is 32.1 Å². The highest BCUT2D eigenvalue weighted by Crippen LogP contribution is 2.47. The number of sulfonamides is 1. The molecule has 0 amide bonds. The van der Waals surface area contributed by atoms with Crippen molar-refractivity contribution in [2.24, 2.45) is 0 Å². The van der Waals surface area contributed by atoms with E-state index in [0.717, 1.165) is 35.1 Å². The minimum absolute atomic E-state index is 0.327. The van der Waals surface area contributed by atoms with Crippen LogP contribution in [0.3, 0.4) is 0 Å². The van der Waals surface area contributed by atoms with Crippen molar-refractivity contribution >= 4 is 15.7 Å². The highest BCUT2D eigenvalue weighted by Gasteiger charge is 2.44. The monoisotopic (exact) mass is 340 g/mol. The van der Waals surface area contributed by atoms with Gasteiger partial charge < -0.3 is 0 Å². The molecule has 3 rings (SSSR count). The van der Waals surface area contributed by atoms with Gasteiger partial charge in [-0.15, -0.1) is 0 Å². The summed E-state index contributed by atoms with van der Waals surface area (Å²) in [5.74, 6) is 0. The van der Waals surface area contributed by atoms with E-state index in [1.807, 2.05) is 31.2 Å². The number of benzene rings is 2. The van der Waals surface area contributed by atoms with Gasteiger partial charge in [0, 0.05) is 5.69 Å². The van der Waals surface area contributed by atoms with Crippen LogP contribution in [0.15, 0.2) is 41.3 Å². The van der Waals surface area contributed by atoms with E-state index in [-0.39, 0.29) is 5.41 Å². The topological polar surface area (TPSA) is 70.0 Å². The maximum atomic E-state index is 12.7. The van der Waals surface area contributed by atoms with Crippen LogP contribution >= 0.6 is 0 Å². The SMILES string of the molecule is Cc1cc(C)c(S(=O)(=O)Nc2ccc(C3(C#N)CC3)cc2)c(C)c1. The summed E-state index contributed by atoms with van der Waals surface area (Å²) < 4.78 is 28.1. The predicted octanol–water partition coefficient (Wildman–Crippen LogP) is 3.97. The molecule has 124 valence electrons. The molecule has 0 bridgehead atoms. The van der Waals surface area contributed by atoms with Gasteiger partial charge in [0.2, 0.25) is 0 Å². The molecule has 0 heterocycles. The highest BCUT2D eigenvalue weighted by molar-refractivity contribution is 7.92. The summed E-state index contributed by atoms with van der Waals surface area (Å²) in [5, 5.41) is 9.24. The summed E-state index contributed by atoms with van der Waals surface area (Å²) in [6.45, 7) is 5.56. The molecule has 1 saturated carbocycles. The zero-order chi connectivity index (χ0) is 17.5. The quantitative estimate of drug-likeness (QED) is 0.915. The fraction of sp³-hybridized carbons (Fsp3) is 0.316. The van der Waals surface area contributed by atoms with Crippen molar-refractivity contribution in [1.29, 1.82) is 5.26 Å². The summed E-state index contributed by atoms with van der Waals surface area (Å²) in [6, 6.07) is 13.2. The molecule has 0 unspecified atom stereocenters. The largest absolute Gasteiger partial charge is 0.280 e. The third-order valence-electron chi connectivity index (χ3n) is 4.53. The van der Waals surface area contributed by atoms with Crippen LogP contribution in [0.2, 0.25) is 0 Å². The van der Waals surface area contributed by atoms with E-state index < -0.39 is 10.0 Å². The lowest BCUT2D eigenvalue weighted by Gasteiger charge is -2.14. The number of nitrogens with one attached hydrogen (secondary N) is 1. The van der Waals surface area contributed by atoms with Gasteiger partial charge in [-0.05, 0) is 62.4 Å². The Labute approximate surface area is 143 Å². The Bertz CT molecular complexity index is 911. The van der Waals surface area contributed by atoms with Gasteiger partial charge in [-0.3, -0.25) is 4.72 Å². The molecule has 4 nitrogen and oxygen atoms in total. The molecule has 1 aliphatic carbocycles. The summed E-state index contributed by atoms with van der Waals surface area (Å²) in [5.41, 5.74) is 3.61. The third kappa shape index (κ3) is 2.90. The maximum Gasteiger partial charge on any atom is 0.262 e. The van der Waals surface area contributed by atoms with Crippen LogP contribution in [0.5, 0.6) is 0 Å².